The highest BCUT2D eigenvalue weighted by atomic mass is 16.7. The van der Waals surface area contributed by atoms with Gasteiger partial charge in [-0.25, -0.2) is 0 Å². The number of carbonyl (C=O) groups excluding carboxylic acids is 1. The molecular formula is C16H21NO4. The average molecular weight is 291 g/mol. The standard InChI is InChI=1S/C16H21NO4/c1-19-14-5-3-2-4-13(14)17-15(12-18)6-8-16(9-7-15)20-10-11-21-16/h2-5,12,17H,6-11H2,1H3. The van der Waals surface area contributed by atoms with Gasteiger partial charge in [0.1, 0.15) is 12.0 Å². The van der Waals surface area contributed by atoms with E-state index < -0.39 is 11.3 Å². The number of para-hydroxylation sites is 2. The zero-order chi connectivity index (χ0) is 14.8. The summed E-state index contributed by atoms with van der Waals surface area (Å²) in [5.74, 6) is 0.280. The molecule has 1 spiro atoms. The van der Waals surface area contributed by atoms with Crippen molar-refractivity contribution in [1.82, 2.24) is 0 Å². The Kier molecular flexibility index (Phi) is 3.87. The van der Waals surface area contributed by atoms with Crippen LogP contribution in [-0.2, 0) is 14.3 Å². The average Bonchev–Trinajstić information content (AvgIpc) is 2.99. The zero-order valence-electron chi connectivity index (χ0n) is 12.3. The lowest BCUT2D eigenvalue weighted by atomic mass is 9.79. The van der Waals surface area contributed by atoms with Crippen LogP contribution in [0.2, 0.25) is 0 Å². The summed E-state index contributed by atoms with van der Waals surface area (Å²) >= 11 is 0. The number of hydrogen-bond acceptors (Lipinski definition) is 5. The van der Waals surface area contributed by atoms with Gasteiger partial charge in [-0.1, -0.05) is 12.1 Å². The van der Waals surface area contributed by atoms with E-state index in [2.05, 4.69) is 5.32 Å². The molecule has 1 aliphatic carbocycles. The highest BCUT2D eigenvalue weighted by Crippen LogP contribution is 2.41. The van der Waals surface area contributed by atoms with Crippen LogP contribution in [0.3, 0.4) is 0 Å². The van der Waals surface area contributed by atoms with Gasteiger partial charge >= 0.3 is 0 Å². The Morgan fingerprint density at radius 3 is 2.43 bits per heavy atom. The molecule has 21 heavy (non-hydrogen) atoms. The number of hydrogen-bond donors (Lipinski definition) is 1. The van der Waals surface area contributed by atoms with Crippen molar-refractivity contribution in [2.45, 2.75) is 37.0 Å². The minimum atomic E-state index is -0.574. The van der Waals surface area contributed by atoms with Crippen LogP contribution in [0, 0.1) is 0 Å². The molecule has 1 N–H and O–H groups in total. The van der Waals surface area contributed by atoms with Crippen LogP contribution in [0.25, 0.3) is 0 Å². The van der Waals surface area contributed by atoms with Crippen molar-refractivity contribution in [3.05, 3.63) is 24.3 Å². The minimum absolute atomic E-state index is 0.463. The first-order valence-electron chi connectivity index (χ1n) is 7.36. The summed E-state index contributed by atoms with van der Waals surface area (Å²) in [4.78, 5) is 11.7. The van der Waals surface area contributed by atoms with Crippen molar-refractivity contribution >= 4 is 12.0 Å². The van der Waals surface area contributed by atoms with E-state index in [1.54, 1.807) is 7.11 Å². The molecule has 0 unspecified atom stereocenters. The molecule has 0 bridgehead atoms. The summed E-state index contributed by atoms with van der Waals surface area (Å²) in [7, 11) is 1.63. The molecule has 2 fully saturated rings. The highest BCUT2D eigenvalue weighted by molar-refractivity contribution is 5.73. The van der Waals surface area contributed by atoms with E-state index >= 15 is 0 Å². The molecule has 1 aromatic rings. The fourth-order valence-electron chi connectivity index (χ4n) is 3.15. The number of aldehydes is 1. The fourth-order valence-corrected chi connectivity index (χ4v) is 3.15. The molecule has 0 aromatic heterocycles. The van der Waals surface area contributed by atoms with Gasteiger partial charge in [0.05, 0.1) is 31.5 Å². The molecule has 5 nitrogen and oxygen atoms in total. The van der Waals surface area contributed by atoms with E-state index in [-0.39, 0.29) is 0 Å². The molecule has 1 saturated heterocycles. The first-order chi connectivity index (χ1) is 10.2. The normalized spacial score (nSPS) is 22.9. The summed E-state index contributed by atoms with van der Waals surface area (Å²) in [6, 6.07) is 7.65. The predicted octanol–water partition coefficient (Wildman–Crippen LogP) is 2.36. The Morgan fingerprint density at radius 2 is 1.81 bits per heavy atom. The molecule has 0 radical (unpaired) electrons. The maximum absolute atomic E-state index is 11.7. The largest absolute Gasteiger partial charge is 0.495 e. The number of carbonyl (C=O) groups is 1. The van der Waals surface area contributed by atoms with Crippen LogP contribution in [-0.4, -0.2) is 37.9 Å². The number of rotatable bonds is 4. The summed E-state index contributed by atoms with van der Waals surface area (Å²) in [6.45, 7) is 1.29. The lowest BCUT2D eigenvalue weighted by Gasteiger charge is -2.41. The second-order valence-electron chi connectivity index (χ2n) is 5.71. The van der Waals surface area contributed by atoms with Crippen LogP contribution < -0.4 is 10.1 Å². The zero-order valence-corrected chi connectivity index (χ0v) is 12.3. The maximum Gasteiger partial charge on any atom is 0.168 e. The number of ether oxygens (including phenoxy) is 3. The van der Waals surface area contributed by atoms with Gasteiger partial charge in [0.25, 0.3) is 0 Å². The van der Waals surface area contributed by atoms with Gasteiger partial charge in [-0.15, -0.1) is 0 Å². The molecule has 1 aliphatic heterocycles. The first kappa shape index (κ1) is 14.4. The van der Waals surface area contributed by atoms with Crippen molar-refractivity contribution in [3.63, 3.8) is 0 Å². The van der Waals surface area contributed by atoms with Gasteiger partial charge in [-0.3, -0.25) is 0 Å². The Balaban J connectivity index is 1.74. The van der Waals surface area contributed by atoms with Crippen molar-refractivity contribution in [3.8, 4) is 5.75 Å². The van der Waals surface area contributed by atoms with Crippen LogP contribution in [0.15, 0.2) is 24.3 Å². The first-order valence-corrected chi connectivity index (χ1v) is 7.36. The van der Waals surface area contributed by atoms with Crippen LogP contribution in [0.5, 0.6) is 5.75 Å². The summed E-state index contributed by atoms with van der Waals surface area (Å²) in [5.41, 5.74) is 0.270. The monoisotopic (exact) mass is 291 g/mol. The van der Waals surface area contributed by atoms with Crippen molar-refractivity contribution in [2.24, 2.45) is 0 Å². The molecule has 1 heterocycles. The van der Waals surface area contributed by atoms with Gasteiger partial charge in [-0.05, 0) is 25.0 Å². The summed E-state index contributed by atoms with van der Waals surface area (Å²) < 4.78 is 16.8. The van der Waals surface area contributed by atoms with Crippen molar-refractivity contribution in [1.29, 1.82) is 0 Å². The quantitative estimate of drug-likeness (QED) is 0.863. The lowest BCUT2D eigenvalue weighted by Crippen LogP contribution is -2.49. The predicted molar refractivity (Wildman–Crippen MR) is 78.5 cm³/mol. The van der Waals surface area contributed by atoms with Gasteiger partial charge < -0.3 is 24.3 Å². The number of nitrogens with one attached hydrogen (secondary N) is 1. The fraction of sp³-hybridized carbons (Fsp3) is 0.562. The molecular weight excluding hydrogens is 270 g/mol. The van der Waals surface area contributed by atoms with Crippen molar-refractivity contribution < 1.29 is 19.0 Å². The lowest BCUT2D eigenvalue weighted by molar-refractivity contribution is -0.182. The van der Waals surface area contributed by atoms with Crippen LogP contribution >= 0.6 is 0 Å². The molecule has 5 heteroatoms. The Labute approximate surface area is 124 Å². The molecule has 3 rings (SSSR count). The SMILES string of the molecule is COc1ccccc1NC1(C=O)CCC2(CC1)OCCO2. The van der Waals surface area contributed by atoms with E-state index in [1.165, 1.54) is 0 Å². The Hall–Kier alpha value is -1.59. The number of methoxy groups -OCH3 is 1. The number of anilines is 1. The van der Waals surface area contributed by atoms with E-state index in [1.807, 2.05) is 24.3 Å². The van der Waals surface area contributed by atoms with Crippen LogP contribution in [0.4, 0.5) is 5.69 Å². The maximum atomic E-state index is 11.7. The van der Waals surface area contributed by atoms with E-state index in [4.69, 9.17) is 14.2 Å². The minimum Gasteiger partial charge on any atom is -0.495 e. The van der Waals surface area contributed by atoms with E-state index in [0.29, 0.717) is 26.1 Å². The third-order valence-electron chi connectivity index (χ3n) is 4.43. The van der Waals surface area contributed by atoms with E-state index in [0.717, 1.165) is 30.6 Å². The molecule has 0 amide bonds. The van der Waals surface area contributed by atoms with Gasteiger partial charge in [0.2, 0.25) is 0 Å². The topological polar surface area (TPSA) is 56.8 Å². The molecule has 114 valence electrons. The second kappa shape index (κ2) is 5.66. The summed E-state index contributed by atoms with van der Waals surface area (Å²) in [5, 5.41) is 3.37. The van der Waals surface area contributed by atoms with Crippen LogP contribution in [0.1, 0.15) is 25.7 Å². The molecule has 2 aliphatic rings. The molecule has 0 atom stereocenters. The third-order valence-corrected chi connectivity index (χ3v) is 4.43. The third kappa shape index (κ3) is 2.76. The molecule has 1 aromatic carbocycles. The second-order valence-corrected chi connectivity index (χ2v) is 5.71. The Bertz CT molecular complexity index is 501. The number of benzene rings is 1. The van der Waals surface area contributed by atoms with E-state index in [9.17, 15) is 4.79 Å². The summed E-state index contributed by atoms with van der Waals surface area (Å²) in [6.07, 6.45) is 3.85. The molecule has 1 saturated carbocycles. The van der Waals surface area contributed by atoms with Gasteiger partial charge in [-0.2, -0.15) is 0 Å². The smallest absolute Gasteiger partial charge is 0.168 e. The highest BCUT2D eigenvalue weighted by Gasteiger charge is 2.46. The van der Waals surface area contributed by atoms with Gasteiger partial charge in [0.15, 0.2) is 5.79 Å². The van der Waals surface area contributed by atoms with Gasteiger partial charge in [0, 0.05) is 12.8 Å². The Morgan fingerprint density at radius 1 is 1.14 bits per heavy atom. The van der Waals surface area contributed by atoms with Crippen molar-refractivity contribution in [2.75, 3.05) is 25.6 Å².